The Bertz CT molecular complexity index is 1200. The highest BCUT2D eigenvalue weighted by Gasteiger charge is 2.46. The molecule has 2 N–H and O–H groups in total. The highest BCUT2D eigenvalue weighted by atomic mass is 16.5. The van der Waals surface area contributed by atoms with E-state index in [1.54, 1.807) is 55.5 Å². The van der Waals surface area contributed by atoms with Gasteiger partial charge in [-0.25, -0.2) is 0 Å². The summed E-state index contributed by atoms with van der Waals surface area (Å²) in [5.74, 6) is -0.685. The Labute approximate surface area is 190 Å². The van der Waals surface area contributed by atoms with E-state index in [0.29, 0.717) is 29.2 Å². The van der Waals surface area contributed by atoms with E-state index in [2.05, 4.69) is 0 Å². The van der Waals surface area contributed by atoms with Crippen molar-refractivity contribution >= 4 is 17.4 Å². The molecule has 8 heteroatoms. The molecule has 1 atom stereocenters. The third-order valence-corrected chi connectivity index (χ3v) is 5.41. The molecule has 33 heavy (non-hydrogen) atoms. The number of hydrogen-bond acceptors (Lipinski definition) is 7. The Morgan fingerprint density at radius 2 is 1.88 bits per heavy atom. The fourth-order valence-corrected chi connectivity index (χ4v) is 3.84. The molecular weight excluding hydrogens is 426 g/mol. The average Bonchev–Trinajstić information content (AvgIpc) is 3.43. The Morgan fingerprint density at radius 3 is 2.52 bits per heavy atom. The molecule has 1 aliphatic heterocycles. The van der Waals surface area contributed by atoms with Gasteiger partial charge >= 0.3 is 0 Å². The van der Waals surface area contributed by atoms with Crippen LogP contribution in [-0.4, -0.2) is 40.5 Å². The van der Waals surface area contributed by atoms with Crippen LogP contribution in [0.25, 0.3) is 5.76 Å². The van der Waals surface area contributed by atoms with Crippen molar-refractivity contribution in [3.05, 3.63) is 83.3 Å². The molecule has 1 unspecified atom stereocenters. The summed E-state index contributed by atoms with van der Waals surface area (Å²) >= 11 is 0. The monoisotopic (exact) mass is 449 g/mol. The Morgan fingerprint density at radius 1 is 1.12 bits per heavy atom. The van der Waals surface area contributed by atoms with Crippen molar-refractivity contribution in [2.24, 2.45) is 0 Å². The maximum Gasteiger partial charge on any atom is 0.296 e. The molecule has 2 aromatic carbocycles. The molecule has 0 radical (unpaired) electrons. The second-order valence-corrected chi connectivity index (χ2v) is 7.40. The average molecular weight is 449 g/mol. The van der Waals surface area contributed by atoms with Gasteiger partial charge in [-0.1, -0.05) is 6.07 Å². The molecule has 4 rings (SSSR count). The van der Waals surface area contributed by atoms with E-state index in [1.807, 2.05) is 0 Å². The Hall–Kier alpha value is -4.20. The van der Waals surface area contributed by atoms with Gasteiger partial charge in [-0.15, -0.1) is 0 Å². The predicted octanol–water partition coefficient (Wildman–Crippen LogP) is 4.01. The van der Waals surface area contributed by atoms with E-state index < -0.39 is 17.7 Å². The van der Waals surface area contributed by atoms with Crippen molar-refractivity contribution in [2.75, 3.05) is 13.7 Å². The third kappa shape index (κ3) is 4.15. The maximum absolute atomic E-state index is 13.1. The third-order valence-electron chi connectivity index (χ3n) is 5.41. The number of methoxy groups -OCH3 is 1. The number of amides is 1. The van der Waals surface area contributed by atoms with Crippen LogP contribution in [-0.2, 0) is 16.1 Å². The molecule has 2 heterocycles. The lowest BCUT2D eigenvalue weighted by Crippen LogP contribution is -2.29. The number of likely N-dealkylation sites (tertiary alicyclic amines) is 1. The first-order valence-electron chi connectivity index (χ1n) is 10.4. The van der Waals surface area contributed by atoms with Crippen LogP contribution in [0.3, 0.4) is 0 Å². The summed E-state index contributed by atoms with van der Waals surface area (Å²) in [5, 5.41) is 21.2. The number of phenols is 1. The minimum atomic E-state index is -0.919. The summed E-state index contributed by atoms with van der Waals surface area (Å²) in [5.41, 5.74) is 0.794. The number of aliphatic hydroxyl groups excluding tert-OH is 1. The zero-order valence-corrected chi connectivity index (χ0v) is 18.1. The van der Waals surface area contributed by atoms with Crippen molar-refractivity contribution < 1.29 is 33.7 Å². The molecule has 0 aliphatic carbocycles. The molecule has 1 fully saturated rings. The largest absolute Gasteiger partial charge is 0.507 e. The number of carbonyl (C=O) groups excluding carboxylic acids is 2. The standard InChI is InChI=1S/C25H23NO7/c1-3-32-20-13-16(8-11-19(20)27)22-21(23(28)15-6-9-17(31-2)10-7-15)24(29)25(30)26(22)14-18-5-4-12-33-18/h4-13,22,27-28H,3,14H2,1-2H3. The molecule has 8 nitrogen and oxygen atoms in total. The Kier molecular flexibility index (Phi) is 6.08. The van der Waals surface area contributed by atoms with E-state index in [9.17, 15) is 19.8 Å². The number of phenolic OH excluding ortho intramolecular Hbond substituents is 1. The van der Waals surface area contributed by atoms with Crippen LogP contribution in [0.5, 0.6) is 17.2 Å². The number of hydrogen-bond donors (Lipinski definition) is 2. The first kappa shape index (κ1) is 22.0. The van der Waals surface area contributed by atoms with Crippen LogP contribution in [0, 0.1) is 0 Å². The lowest BCUT2D eigenvalue weighted by molar-refractivity contribution is -0.140. The van der Waals surface area contributed by atoms with Gasteiger partial charge in [0.2, 0.25) is 0 Å². The lowest BCUT2D eigenvalue weighted by Gasteiger charge is -2.25. The molecule has 0 saturated carbocycles. The highest BCUT2D eigenvalue weighted by Crippen LogP contribution is 2.42. The number of rotatable bonds is 7. The van der Waals surface area contributed by atoms with E-state index in [4.69, 9.17) is 13.9 Å². The van der Waals surface area contributed by atoms with Crippen LogP contribution in [0.1, 0.15) is 29.9 Å². The molecule has 3 aromatic rings. The molecule has 0 spiro atoms. The van der Waals surface area contributed by atoms with Gasteiger partial charge in [-0.05, 0) is 61.0 Å². The fourth-order valence-electron chi connectivity index (χ4n) is 3.84. The zero-order valence-electron chi connectivity index (χ0n) is 18.1. The van der Waals surface area contributed by atoms with Crippen molar-refractivity contribution in [1.82, 2.24) is 4.90 Å². The summed E-state index contributed by atoms with van der Waals surface area (Å²) in [6, 6.07) is 13.6. The number of carbonyl (C=O) groups is 2. The molecule has 1 aromatic heterocycles. The molecule has 1 amide bonds. The van der Waals surface area contributed by atoms with Gasteiger partial charge in [0.05, 0.1) is 38.1 Å². The number of benzene rings is 2. The lowest BCUT2D eigenvalue weighted by atomic mass is 9.95. The van der Waals surface area contributed by atoms with Gasteiger partial charge in [0.25, 0.3) is 11.7 Å². The van der Waals surface area contributed by atoms with E-state index in [1.165, 1.54) is 24.3 Å². The first-order chi connectivity index (χ1) is 15.9. The van der Waals surface area contributed by atoms with E-state index >= 15 is 0 Å². The second-order valence-electron chi connectivity index (χ2n) is 7.40. The zero-order chi connectivity index (χ0) is 23.5. The molecule has 0 bridgehead atoms. The number of ether oxygens (including phenoxy) is 2. The van der Waals surface area contributed by atoms with Gasteiger partial charge in [0.1, 0.15) is 17.3 Å². The van der Waals surface area contributed by atoms with Gasteiger partial charge in [0.15, 0.2) is 11.5 Å². The summed E-state index contributed by atoms with van der Waals surface area (Å²) in [6.07, 6.45) is 1.48. The topological polar surface area (TPSA) is 109 Å². The first-order valence-corrected chi connectivity index (χ1v) is 10.4. The normalized spacial score (nSPS) is 17.4. The molecular formula is C25H23NO7. The van der Waals surface area contributed by atoms with Crippen molar-refractivity contribution in [1.29, 1.82) is 0 Å². The van der Waals surface area contributed by atoms with Gasteiger partial charge in [-0.2, -0.15) is 0 Å². The fraction of sp³-hybridized carbons (Fsp3) is 0.200. The number of nitrogens with zero attached hydrogens (tertiary/aromatic N) is 1. The number of aromatic hydroxyl groups is 1. The molecule has 1 aliphatic rings. The smallest absolute Gasteiger partial charge is 0.296 e. The van der Waals surface area contributed by atoms with Crippen molar-refractivity contribution in [2.45, 2.75) is 19.5 Å². The maximum atomic E-state index is 13.1. The van der Waals surface area contributed by atoms with E-state index in [-0.39, 0.29) is 29.4 Å². The minimum absolute atomic E-state index is 0.0203. The Balaban J connectivity index is 1.87. The van der Waals surface area contributed by atoms with E-state index in [0.717, 1.165) is 0 Å². The summed E-state index contributed by atoms with van der Waals surface area (Å²) in [6.45, 7) is 2.11. The van der Waals surface area contributed by atoms with Crippen LogP contribution in [0.2, 0.25) is 0 Å². The SMILES string of the molecule is CCOc1cc(C2C(=C(O)c3ccc(OC)cc3)C(=O)C(=O)N2Cc2ccco2)ccc1O. The predicted molar refractivity (Wildman–Crippen MR) is 119 cm³/mol. The van der Waals surface area contributed by atoms with Crippen molar-refractivity contribution in [3.8, 4) is 17.2 Å². The number of aliphatic hydroxyl groups is 1. The second kappa shape index (κ2) is 9.12. The number of furan rings is 1. The van der Waals surface area contributed by atoms with Crippen LogP contribution < -0.4 is 9.47 Å². The minimum Gasteiger partial charge on any atom is -0.507 e. The van der Waals surface area contributed by atoms with Gasteiger partial charge in [-0.3, -0.25) is 9.59 Å². The quantitative estimate of drug-likeness (QED) is 0.319. The summed E-state index contributed by atoms with van der Waals surface area (Å²) in [4.78, 5) is 27.5. The van der Waals surface area contributed by atoms with Crippen LogP contribution in [0.15, 0.2) is 70.9 Å². The molecule has 1 saturated heterocycles. The van der Waals surface area contributed by atoms with Crippen LogP contribution >= 0.6 is 0 Å². The number of ketones is 1. The van der Waals surface area contributed by atoms with Crippen LogP contribution in [0.4, 0.5) is 0 Å². The van der Waals surface area contributed by atoms with Gasteiger partial charge < -0.3 is 29.0 Å². The van der Waals surface area contributed by atoms with Gasteiger partial charge in [0, 0.05) is 5.56 Å². The number of Topliss-reactive ketones (excluding diaryl/α,β-unsaturated/α-hetero) is 1. The summed E-state index contributed by atoms with van der Waals surface area (Å²) < 4.78 is 16.0. The molecule has 170 valence electrons. The van der Waals surface area contributed by atoms with Crippen molar-refractivity contribution in [3.63, 3.8) is 0 Å². The highest BCUT2D eigenvalue weighted by molar-refractivity contribution is 6.46. The summed E-state index contributed by atoms with van der Waals surface area (Å²) in [7, 11) is 1.52.